The molecule has 0 aliphatic heterocycles. The van der Waals surface area contributed by atoms with Crippen molar-refractivity contribution < 1.29 is 18.1 Å². The van der Waals surface area contributed by atoms with E-state index in [0.29, 0.717) is 16.3 Å². The second kappa shape index (κ2) is 8.52. The number of hydrogen-bond donors (Lipinski definition) is 2. The first-order valence-corrected chi connectivity index (χ1v) is 10.5. The fourth-order valence-corrected chi connectivity index (χ4v) is 3.85. The van der Waals surface area contributed by atoms with Crippen molar-refractivity contribution in [1.29, 1.82) is 0 Å². The molecule has 154 valence electrons. The van der Waals surface area contributed by atoms with Gasteiger partial charge in [0.15, 0.2) is 0 Å². The van der Waals surface area contributed by atoms with Crippen molar-refractivity contribution in [2.24, 2.45) is 0 Å². The summed E-state index contributed by atoms with van der Waals surface area (Å²) in [5.74, 6) is -0.587. The minimum atomic E-state index is -3.95. The third-order valence-electron chi connectivity index (χ3n) is 4.18. The van der Waals surface area contributed by atoms with Gasteiger partial charge < -0.3 is 5.32 Å². The number of nitro groups is 1. The van der Waals surface area contributed by atoms with Gasteiger partial charge in [-0.15, -0.1) is 0 Å². The summed E-state index contributed by atoms with van der Waals surface area (Å²) in [7, 11) is -3.95. The van der Waals surface area contributed by atoms with E-state index >= 15 is 0 Å². The average molecular weight is 446 g/mol. The lowest BCUT2D eigenvalue weighted by Gasteiger charge is -2.12. The van der Waals surface area contributed by atoms with E-state index in [4.69, 9.17) is 11.6 Å². The molecule has 2 N–H and O–H groups in total. The molecular weight excluding hydrogens is 430 g/mol. The molecule has 30 heavy (non-hydrogen) atoms. The van der Waals surface area contributed by atoms with Crippen LogP contribution in [0.4, 0.5) is 17.1 Å². The van der Waals surface area contributed by atoms with Crippen LogP contribution < -0.4 is 10.0 Å². The van der Waals surface area contributed by atoms with Crippen molar-refractivity contribution >= 4 is 44.6 Å². The number of hydrogen-bond acceptors (Lipinski definition) is 5. The highest BCUT2D eigenvalue weighted by Gasteiger charge is 2.19. The van der Waals surface area contributed by atoms with Crippen molar-refractivity contribution in [2.75, 3.05) is 10.0 Å². The highest BCUT2D eigenvalue weighted by atomic mass is 35.5. The normalized spacial score (nSPS) is 11.0. The van der Waals surface area contributed by atoms with E-state index in [1.54, 1.807) is 19.1 Å². The molecule has 0 saturated heterocycles. The fraction of sp³-hybridized carbons (Fsp3) is 0.0500. The van der Waals surface area contributed by atoms with Crippen molar-refractivity contribution in [1.82, 2.24) is 0 Å². The number of carbonyl (C=O) groups excluding carboxylic acids is 1. The SMILES string of the molecule is Cc1ccc(S(=O)(=O)Nc2ccc(Cl)cc2)cc1C(=O)Nc1cccc([N+](=O)[O-])c1. The Morgan fingerprint density at radius 1 is 1.00 bits per heavy atom. The van der Waals surface area contributed by atoms with Crippen molar-refractivity contribution in [3.8, 4) is 0 Å². The molecule has 0 bridgehead atoms. The van der Waals surface area contributed by atoms with Crippen molar-refractivity contribution in [3.63, 3.8) is 0 Å². The highest BCUT2D eigenvalue weighted by Crippen LogP contribution is 2.22. The topological polar surface area (TPSA) is 118 Å². The van der Waals surface area contributed by atoms with Gasteiger partial charge in [-0.05, 0) is 55.0 Å². The Morgan fingerprint density at radius 2 is 1.70 bits per heavy atom. The van der Waals surface area contributed by atoms with Gasteiger partial charge in [-0.1, -0.05) is 23.7 Å². The minimum absolute atomic E-state index is 0.104. The molecule has 0 aromatic heterocycles. The molecule has 1 amide bonds. The summed E-state index contributed by atoms with van der Waals surface area (Å²) >= 11 is 5.81. The van der Waals surface area contributed by atoms with E-state index in [-0.39, 0.29) is 21.8 Å². The van der Waals surface area contributed by atoms with Crippen molar-refractivity contribution in [3.05, 3.63) is 93.0 Å². The lowest BCUT2D eigenvalue weighted by Crippen LogP contribution is -2.17. The largest absolute Gasteiger partial charge is 0.322 e. The Hall–Kier alpha value is -3.43. The van der Waals surface area contributed by atoms with Crippen LogP contribution in [0.5, 0.6) is 0 Å². The van der Waals surface area contributed by atoms with Gasteiger partial charge in [-0.2, -0.15) is 0 Å². The van der Waals surface area contributed by atoms with Crippen LogP contribution in [0.15, 0.2) is 71.6 Å². The van der Waals surface area contributed by atoms with E-state index < -0.39 is 20.9 Å². The quantitative estimate of drug-likeness (QED) is 0.424. The number of halogens is 1. The van der Waals surface area contributed by atoms with Crippen LogP contribution in [0.2, 0.25) is 5.02 Å². The molecule has 3 aromatic carbocycles. The first-order valence-electron chi connectivity index (χ1n) is 8.60. The number of benzene rings is 3. The molecule has 0 heterocycles. The first-order chi connectivity index (χ1) is 14.2. The summed E-state index contributed by atoms with van der Waals surface area (Å²) in [6.07, 6.45) is 0. The number of nitro benzene ring substituents is 1. The molecule has 0 aliphatic carbocycles. The van der Waals surface area contributed by atoms with Crippen LogP contribution in [-0.2, 0) is 10.0 Å². The Balaban J connectivity index is 1.87. The van der Waals surface area contributed by atoms with Crippen LogP contribution in [0, 0.1) is 17.0 Å². The van der Waals surface area contributed by atoms with Gasteiger partial charge in [0.1, 0.15) is 0 Å². The summed E-state index contributed by atoms with van der Waals surface area (Å²) in [4.78, 5) is 22.9. The standard InChI is InChI=1S/C20H16ClN3O5S/c1-13-5-10-18(30(28,29)23-15-8-6-14(21)7-9-15)12-19(13)20(25)22-16-3-2-4-17(11-16)24(26)27/h2-12,23H,1H3,(H,22,25). The van der Waals surface area contributed by atoms with Gasteiger partial charge in [0, 0.05) is 34.1 Å². The Bertz CT molecular complexity index is 1230. The predicted octanol–water partition coefficient (Wildman–Crippen LogP) is 4.61. The van der Waals surface area contributed by atoms with Gasteiger partial charge >= 0.3 is 0 Å². The van der Waals surface area contributed by atoms with Crippen LogP contribution in [0.25, 0.3) is 0 Å². The van der Waals surface area contributed by atoms with Gasteiger partial charge in [-0.25, -0.2) is 8.42 Å². The number of aryl methyl sites for hydroxylation is 1. The zero-order chi connectivity index (χ0) is 21.9. The molecule has 0 aliphatic rings. The lowest BCUT2D eigenvalue weighted by molar-refractivity contribution is -0.384. The van der Waals surface area contributed by atoms with Crippen molar-refractivity contribution in [2.45, 2.75) is 11.8 Å². The first kappa shape index (κ1) is 21.3. The zero-order valence-corrected chi connectivity index (χ0v) is 17.2. The van der Waals surface area contributed by atoms with Gasteiger partial charge in [0.05, 0.1) is 9.82 Å². The summed E-state index contributed by atoms with van der Waals surface area (Å²) < 4.78 is 27.8. The summed E-state index contributed by atoms with van der Waals surface area (Å²) in [5, 5.41) is 13.9. The number of nitrogens with zero attached hydrogens (tertiary/aromatic N) is 1. The van der Waals surface area contributed by atoms with Gasteiger partial charge in [0.2, 0.25) is 0 Å². The number of amides is 1. The number of rotatable bonds is 6. The molecule has 0 spiro atoms. The van der Waals surface area contributed by atoms with E-state index in [1.807, 2.05) is 0 Å². The molecule has 0 saturated carbocycles. The predicted molar refractivity (Wildman–Crippen MR) is 114 cm³/mol. The molecule has 3 rings (SSSR count). The highest BCUT2D eigenvalue weighted by molar-refractivity contribution is 7.92. The fourth-order valence-electron chi connectivity index (χ4n) is 2.64. The second-order valence-electron chi connectivity index (χ2n) is 6.35. The lowest BCUT2D eigenvalue weighted by atomic mass is 10.1. The number of sulfonamides is 1. The van der Waals surface area contributed by atoms with E-state index in [9.17, 15) is 23.3 Å². The third kappa shape index (κ3) is 4.94. The van der Waals surface area contributed by atoms with Gasteiger partial charge in [0.25, 0.3) is 21.6 Å². The van der Waals surface area contributed by atoms with Crippen LogP contribution >= 0.6 is 11.6 Å². The Kier molecular flexibility index (Phi) is 6.04. The van der Waals surface area contributed by atoms with Crippen LogP contribution in [0.3, 0.4) is 0 Å². The molecule has 0 fully saturated rings. The molecule has 3 aromatic rings. The molecule has 10 heteroatoms. The van der Waals surface area contributed by atoms with E-state index in [0.717, 1.165) is 0 Å². The molecule has 0 unspecified atom stereocenters. The summed E-state index contributed by atoms with van der Waals surface area (Å²) in [5.41, 5.74) is 1.04. The smallest absolute Gasteiger partial charge is 0.271 e. The van der Waals surface area contributed by atoms with E-state index in [1.165, 1.54) is 54.6 Å². The maximum atomic E-state index is 12.7. The summed E-state index contributed by atoms with van der Waals surface area (Å²) in [6.45, 7) is 1.66. The Morgan fingerprint density at radius 3 is 2.37 bits per heavy atom. The number of anilines is 2. The zero-order valence-electron chi connectivity index (χ0n) is 15.6. The van der Waals surface area contributed by atoms with E-state index in [2.05, 4.69) is 10.0 Å². The molecule has 0 atom stereocenters. The maximum Gasteiger partial charge on any atom is 0.271 e. The van der Waals surface area contributed by atoms with Gasteiger partial charge in [-0.3, -0.25) is 19.6 Å². The molecule has 8 nitrogen and oxygen atoms in total. The third-order valence-corrected chi connectivity index (χ3v) is 5.81. The number of non-ortho nitro benzene ring substituents is 1. The average Bonchev–Trinajstić information content (AvgIpc) is 2.70. The molecule has 0 radical (unpaired) electrons. The van der Waals surface area contributed by atoms with Crippen LogP contribution in [0.1, 0.15) is 15.9 Å². The minimum Gasteiger partial charge on any atom is -0.322 e. The monoisotopic (exact) mass is 445 g/mol. The maximum absolute atomic E-state index is 12.7. The summed E-state index contributed by atoms with van der Waals surface area (Å²) in [6, 6.07) is 15.7. The number of carbonyl (C=O) groups is 1. The Labute approximate surface area is 177 Å². The van der Waals surface area contributed by atoms with Crippen LogP contribution in [-0.4, -0.2) is 19.2 Å². The molecular formula is C20H16ClN3O5S. The second-order valence-corrected chi connectivity index (χ2v) is 8.47. The number of nitrogens with one attached hydrogen (secondary N) is 2.